The molecule has 126 valence electrons. The van der Waals surface area contributed by atoms with E-state index in [0.29, 0.717) is 0 Å². The molecule has 0 spiro atoms. The Balaban J connectivity index is 2.83. The number of hydrogen-bond donors (Lipinski definition) is 2. The van der Waals surface area contributed by atoms with E-state index in [1.807, 2.05) is 0 Å². The number of esters is 1. The molecular weight excluding hydrogens is 327 g/mol. The number of rotatable bonds is 3. The molecule has 2 aromatic rings. The first-order chi connectivity index (χ1) is 11.3. The summed E-state index contributed by atoms with van der Waals surface area (Å²) in [5, 5.41) is 18.5. The Bertz CT molecular complexity index is 835. The van der Waals surface area contributed by atoms with Gasteiger partial charge in [-0.1, -0.05) is 6.07 Å². The summed E-state index contributed by atoms with van der Waals surface area (Å²) in [6.07, 6.45) is -3.58. The molecule has 0 aliphatic rings. The van der Waals surface area contributed by atoms with Gasteiger partial charge in [-0.05, 0) is 12.1 Å². The van der Waals surface area contributed by atoms with Gasteiger partial charge in [0, 0.05) is 11.8 Å². The Hall–Kier alpha value is -2.99. The molecule has 24 heavy (non-hydrogen) atoms. The lowest BCUT2D eigenvalue weighted by atomic mass is 10.0. The number of halogens is 3. The van der Waals surface area contributed by atoms with Crippen molar-refractivity contribution in [2.24, 2.45) is 0 Å². The number of aliphatic hydroxyl groups excluding tert-OH is 1. The first-order valence-corrected chi connectivity index (χ1v) is 6.55. The summed E-state index contributed by atoms with van der Waals surface area (Å²) in [4.78, 5) is 11.9. The smallest absolute Gasteiger partial charge is 0.416 e. The summed E-state index contributed by atoms with van der Waals surface area (Å²) < 4.78 is 44.9. The van der Waals surface area contributed by atoms with Crippen LogP contribution in [-0.2, 0) is 17.5 Å². The maximum Gasteiger partial charge on any atom is 0.416 e. The van der Waals surface area contributed by atoms with Gasteiger partial charge in [-0.15, -0.1) is 0 Å². The molecule has 0 aliphatic carbocycles. The summed E-state index contributed by atoms with van der Waals surface area (Å²) in [7, 11) is 1.07. The van der Waals surface area contributed by atoms with Gasteiger partial charge < -0.3 is 20.1 Å². The average Bonchev–Trinajstić information content (AvgIpc) is 2.88. The van der Waals surface area contributed by atoms with Crippen LogP contribution in [0.15, 0.2) is 24.4 Å². The van der Waals surface area contributed by atoms with Crippen molar-refractivity contribution in [3.63, 3.8) is 0 Å². The summed E-state index contributed by atoms with van der Waals surface area (Å²) in [6.45, 7) is -0.925. The highest BCUT2D eigenvalue weighted by Crippen LogP contribution is 2.36. The lowest BCUT2D eigenvalue weighted by Crippen LogP contribution is -2.15. The second-order valence-corrected chi connectivity index (χ2v) is 4.74. The van der Waals surface area contributed by atoms with E-state index in [1.165, 1.54) is 6.07 Å². The van der Waals surface area contributed by atoms with Crippen molar-refractivity contribution in [3.8, 4) is 11.8 Å². The zero-order valence-corrected chi connectivity index (χ0v) is 12.4. The lowest BCUT2D eigenvalue weighted by Gasteiger charge is -2.17. The van der Waals surface area contributed by atoms with E-state index in [1.54, 1.807) is 6.07 Å². The fourth-order valence-corrected chi connectivity index (χ4v) is 2.34. The van der Waals surface area contributed by atoms with Crippen molar-refractivity contribution in [3.05, 3.63) is 46.8 Å². The molecular formula is C15H12F3N3O3. The summed E-state index contributed by atoms with van der Waals surface area (Å²) >= 11 is 0. The topological polar surface area (TPSA) is 101 Å². The first-order valence-electron chi connectivity index (χ1n) is 6.55. The van der Waals surface area contributed by atoms with E-state index in [0.717, 1.165) is 30.0 Å². The number of nitriles is 1. The van der Waals surface area contributed by atoms with Gasteiger partial charge in [-0.25, -0.2) is 4.79 Å². The SMILES string of the molecule is COC(=O)c1c(N)c(C#N)cn1-c1cccc(C(F)(F)F)c1CO. The monoisotopic (exact) mass is 339 g/mol. The van der Waals surface area contributed by atoms with Crippen LogP contribution in [-0.4, -0.2) is 22.8 Å². The van der Waals surface area contributed by atoms with Crippen LogP contribution in [0.1, 0.15) is 27.2 Å². The van der Waals surface area contributed by atoms with Crippen molar-refractivity contribution >= 4 is 11.7 Å². The maximum absolute atomic E-state index is 13.1. The molecule has 0 atom stereocenters. The number of aliphatic hydroxyl groups is 1. The predicted molar refractivity (Wildman–Crippen MR) is 77.2 cm³/mol. The third-order valence-electron chi connectivity index (χ3n) is 3.42. The van der Waals surface area contributed by atoms with Crippen molar-refractivity contribution < 1.29 is 27.8 Å². The van der Waals surface area contributed by atoms with Crippen molar-refractivity contribution in [1.29, 1.82) is 5.26 Å². The van der Waals surface area contributed by atoms with Gasteiger partial charge >= 0.3 is 12.1 Å². The Morgan fingerprint density at radius 1 is 1.46 bits per heavy atom. The lowest BCUT2D eigenvalue weighted by molar-refractivity contribution is -0.138. The molecule has 9 heteroatoms. The zero-order valence-electron chi connectivity index (χ0n) is 12.4. The highest BCUT2D eigenvalue weighted by Gasteiger charge is 2.35. The first kappa shape index (κ1) is 17.4. The Morgan fingerprint density at radius 2 is 2.12 bits per heavy atom. The van der Waals surface area contributed by atoms with Crippen LogP contribution in [0, 0.1) is 11.3 Å². The van der Waals surface area contributed by atoms with Gasteiger partial charge in [0.05, 0.1) is 36.2 Å². The molecule has 3 N–H and O–H groups in total. The van der Waals surface area contributed by atoms with E-state index < -0.39 is 29.9 Å². The fraction of sp³-hybridized carbons (Fsp3) is 0.200. The van der Waals surface area contributed by atoms with Crippen LogP contribution in [0.2, 0.25) is 0 Å². The molecule has 0 unspecified atom stereocenters. The van der Waals surface area contributed by atoms with E-state index in [9.17, 15) is 23.1 Å². The molecule has 1 heterocycles. The molecule has 6 nitrogen and oxygen atoms in total. The van der Waals surface area contributed by atoms with Crippen molar-refractivity contribution in [2.45, 2.75) is 12.8 Å². The number of nitrogen functional groups attached to an aromatic ring is 1. The van der Waals surface area contributed by atoms with Crippen LogP contribution in [0.5, 0.6) is 0 Å². The number of anilines is 1. The summed E-state index contributed by atoms with van der Waals surface area (Å²) in [6, 6.07) is 4.96. The molecule has 0 bridgehead atoms. The molecule has 2 rings (SSSR count). The van der Waals surface area contributed by atoms with Gasteiger partial charge in [0.2, 0.25) is 0 Å². The van der Waals surface area contributed by atoms with E-state index in [2.05, 4.69) is 4.74 Å². The average molecular weight is 339 g/mol. The van der Waals surface area contributed by atoms with Crippen LogP contribution < -0.4 is 5.73 Å². The fourth-order valence-electron chi connectivity index (χ4n) is 2.34. The number of methoxy groups -OCH3 is 1. The Labute approximate surface area is 134 Å². The number of hydrogen-bond acceptors (Lipinski definition) is 5. The van der Waals surface area contributed by atoms with E-state index in [-0.39, 0.29) is 22.6 Å². The largest absolute Gasteiger partial charge is 0.464 e. The van der Waals surface area contributed by atoms with Crippen LogP contribution in [0.3, 0.4) is 0 Å². The highest BCUT2D eigenvalue weighted by atomic mass is 19.4. The molecule has 1 aromatic heterocycles. The number of carbonyl (C=O) groups is 1. The van der Waals surface area contributed by atoms with Gasteiger partial charge in [-0.2, -0.15) is 18.4 Å². The molecule has 0 fully saturated rings. The summed E-state index contributed by atoms with van der Waals surface area (Å²) in [5.41, 5.74) is 3.48. The van der Waals surface area contributed by atoms with Gasteiger partial charge in [0.1, 0.15) is 6.07 Å². The molecule has 0 aliphatic heterocycles. The van der Waals surface area contributed by atoms with Gasteiger partial charge in [-0.3, -0.25) is 0 Å². The highest BCUT2D eigenvalue weighted by molar-refractivity contribution is 5.96. The number of carbonyl (C=O) groups excluding carboxylic acids is 1. The molecule has 1 aromatic carbocycles. The number of ether oxygens (including phenoxy) is 1. The van der Waals surface area contributed by atoms with E-state index >= 15 is 0 Å². The molecule has 0 saturated heterocycles. The number of nitrogens with zero attached hydrogens (tertiary/aromatic N) is 2. The minimum absolute atomic E-state index is 0.100. The third kappa shape index (κ3) is 2.79. The Kier molecular flexibility index (Phi) is 4.52. The van der Waals surface area contributed by atoms with Crippen LogP contribution in [0.4, 0.5) is 18.9 Å². The number of benzene rings is 1. The van der Waals surface area contributed by atoms with Crippen molar-refractivity contribution in [1.82, 2.24) is 4.57 Å². The van der Waals surface area contributed by atoms with Crippen LogP contribution >= 0.6 is 0 Å². The Morgan fingerprint density at radius 3 is 2.62 bits per heavy atom. The normalized spacial score (nSPS) is 11.2. The van der Waals surface area contributed by atoms with Crippen molar-refractivity contribution in [2.75, 3.05) is 12.8 Å². The number of alkyl halides is 3. The zero-order chi connectivity index (χ0) is 18.1. The number of nitrogens with two attached hydrogens (primary N) is 1. The third-order valence-corrected chi connectivity index (χ3v) is 3.42. The van der Waals surface area contributed by atoms with Crippen LogP contribution in [0.25, 0.3) is 5.69 Å². The molecule has 0 saturated carbocycles. The molecule has 0 amide bonds. The molecule has 0 radical (unpaired) electrons. The second-order valence-electron chi connectivity index (χ2n) is 4.74. The van der Waals surface area contributed by atoms with Gasteiger partial charge in [0.25, 0.3) is 0 Å². The minimum Gasteiger partial charge on any atom is -0.464 e. The minimum atomic E-state index is -4.70. The van der Waals surface area contributed by atoms with E-state index in [4.69, 9.17) is 11.0 Å². The number of aromatic nitrogens is 1. The maximum atomic E-state index is 13.1. The van der Waals surface area contributed by atoms with Gasteiger partial charge in [0.15, 0.2) is 5.69 Å². The standard InChI is InChI=1S/C15H12F3N3O3/c1-24-14(23)13-12(20)8(5-19)6-21(13)11-4-2-3-10(9(11)7-22)15(16,17)18/h2-4,6,22H,7,20H2,1H3. The predicted octanol–water partition coefficient (Wildman–Crippen LogP) is 2.23. The summed E-state index contributed by atoms with van der Waals surface area (Å²) in [5.74, 6) is -0.921. The second kappa shape index (κ2) is 6.25. The quantitative estimate of drug-likeness (QED) is 0.835.